The van der Waals surface area contributed by atoms with Crippen molar-refractivity contribution in [3.8, 4) is 11.1 Å². The maximum Gasteiger partial charge on any atom is 0.135 e. The van der Waals surface area contributed by atoms with Crippen LogP contribution in [0.4, 0.5) is 11.4 Å². The molecule has 5 rings (SSSR count). The van der Waals surface area contributed by atoms with Gasteiger partial charge in [0, 0.05) is 17.8 Å². The van der Waals surface area contributed by atoms with Crippen molar-refractivity contribution in [3.63, 3.8) is 0 Å². The van der Waals surface area contributed by atoms with Crippen LogP contribution in [0.3, 0.4) is 0 Å². The van der Waals surface area contributed by atoms with E-state index in [1.54, 1.807) is 6.20 Å². The zero-order valence-electron chi connectivity index (χ0n) is 18.8. The first-order chi connectivity index (χ1) is 16.1. The summed E-state index contributed by atoms with van der Waals surface area (Å²) in [7, 11) is 0. The van der Waals surface area contributed by atoms with Crippen LogP contribution >= 0.6 is 11.6 Å². The minimum atomic E-state index is 0.398. The third-order valence-corrected chi connectivity index (χ3v) is 6.74. The molecule has 1 aliphatic carbocycles. The normalized spacial score (nSPS) is 15.2. The van der Waals surface area contributed by atoms with Crippen LogP contribution in [0.5, 0.6) is 0 Å². The fraction of sp³-hybridized carbons (Fsp3) is 0.259. The molecular formula is C27H28ClN5. The van der Waals surface area contributed by atoms with Gasteiger partial charge in [-0.25, -0.2) is 9.51 Å². The first kappa shape index (κ1) is 21.5. The van der Waals surface area contributed by atoms with E-state index in [1.807, 2.05) is 28.8 Å². The van der Waals surface area contributed by atoms with Gasteiger partial charge in [0.15, 0.2) is 0 Å². The number of aliphatic imine (C=N–C) groups is 1. The Morgan fingerprint density at radius 3 is 2.64 bits per heavy atom. The van der Waals surface area contributed by atoms with Crippen LogP contribution in [0.2, 0.25) is 5.02 Å². The van der Waals surface area contributed by atoms with Crippen molar-refractivity contribution >= 4 is 34.3 Å². The molecule has 33 heavy (non-hydrogen) atoms. The molecule has 0 atom stereocenters. The number of halogens is 1. The second-order valence-corrected chi connectivity index (χ2v) is 9.14. The standard InChI is InChI=1S/C27H28ClN5/c1-18-9-5-6-12-21(18)19-15-25-26(31-20-10-3-2-4-11-20)22(16-30-33(25)17-19)27(29)32-24-14-8-7-13-23(24)28/h5-9,12-17,20,31H,2-4,10-11H2,1H3,(H2,29,32). The van der Waals surface area contributed by atoms with E-state index in [-0.39, 0.29) is 0 Å². The number of nitrogens with two attached hydrogens (primary N) is 1. The van der Waals surface area contributed by atoms with Gasteiger partial charge in [-0.3, -0.25) is 0 Å². The lowest BCUT2D eigenvalue weighted by atomic mass is 9.95. The van der Waals surface area contributed by atoms with E-state index in [9.17, 15) is 0 Å². The summed E-state index contributed by atoms with van der Waals surface area (Å²) >= 11 is 6.33. The largest absolute Gasteiger partial charge is 0.383 e. The summed E-state index contributed by atoms with van der Waals surface area (Å²) in [5.74, 6) is 0.398. The molecule has 0 radical (unpaired) electrons. The topological polar surface area (TPSA) is 67.7 Å². The van der Waals surface area contributed by atoms with E-state index in [4.69, 9.17) is 17.3 Å². The average Bonchev–Trinajstić information content (AvgIpc) is 3.26. The van der Waals surface area contributed by atoms with Crippen LogP contribution < -0.4 is 11.1 Å². The van der Waals surface area contributed by atoms with Crippen LogP contribution in [0, 0.1) is 6.92 Å². The summed E-state index contributed by atoms with van der Waals surface area (Å²) in [5, 5.41) is 9.05. The molecule has 1 saturated carbocycles. The smallest absolute Gasteiger partial charge is 0.135 e. The molecule has 1 fully saturated rings. The molecular weight excluding hydrogens is 430 g/mol. The molecule has 0 saturated heterocycles. The van der Waals surface area contributed by atoms with Crippen molar-refractivity contribution in [2.45, 2.75) is 45.1 Å². The Morgan fingerprint density at radius 2 is 1.85 bits per heavy atom. The Morgan fingerprint density at radius 1 is 1.09 bits per heavy atom. The molecule has 5 nitrogen and oxygen atoms in total. The number of fused-ring (bicyclic) bond motifs is 1. The lowest BCUT2D eigenvalue weighted by molar-refractivity contribution is 0.463. The lowest BCUT2D eigenvalue weighted by Gasteiger charge is -2.25. The van der Waals surface area contributed by atoms with E-state index in [1.165, 1.54) is 30.4 Å². The molecule has 0 spiro atoms. The first-order valence-electron chi connectivity index (χ1n) is 11.5. The molecule has 4 aromatic rings. The predicted molar refractivity (Wildman–Crippen MR) is 138 cm³/mol. The molecule has 0 aliphatic heterocycles. The highest BCUT2D eigenvalue weighted by molar-refractivity contribution is 6.33. The summed E-state index contributed by atoms with van der Waals surface area (Å²) in [5.41, 5.74) is 13.5. The molecule has 2 aromatic heterocycles. The molecule has 2 heterocycles. The van der Waals surface area contributed by atoms with Crippen molar-refractivity contribution in [2.75, 3.05) is 5.32 Å². The van der Waals surface area contributed by atoms with Gasteiger partial charge in [0.25, 0.3) is 0 Å². The summed E-state index contributed by atoms with van der Waals surface area (Å²) in [6.07, 6.45) is 9.97. The number of nitrogens with zero attached hydrogens (tertiary/aromatic N) is 3. The molecule has 1 aliphatic rings. The number of aromatic nitrogens is 2. The second-order valence-electron chi connectivity index (χ2n) is 8.73. The van der Waals surface area contributed by atoms with E-state index >= 15 is 0 Å². The minimum absolute atomic E-state index is 0.398. The van der Waals surface area contributed by atoms with Crippen LogP contribution in [0.1, 0.15) is 43.2 Å². The van der Waals surface area contributed by atoms with Gasteiger partial charge >= 0.3 is 0 Å². The maximum absolute atomic E-state index is 6.54. The van der Waals surface area contributed by atoms with Crippen molar-refractivity contribution in [2.24, 2.45) is 10.7 Å². The Balaban J connectivity index is 1.64. The highest BCUT2D eigenvalue weighted by Crippen LogP contribution is 2.33. The highest BCUT2D eigenvalue weighted by atomic mass is 35.5. The van der Waals surface area contributed by atoms with Crippen molar-refractivity contribution in [1.82, 2.24) is 9.61 Å². The summed E-state index contributed by atoms with van der Waals surface area (Å²) in [6, 6.07) is 18.5. The Labute approximate surface area is 199 Å². The van der Waals surface area contributed by atoms with Gasteiger partial charge in [-0.15, -0.1) is 0 Å². The monoisotopic (exact) mass is 457 g/mol. The van der Waals surface area contributed by atoms with Gasteiger partial charge in [-0.05, 0) is 49.1 Å². The van der Waals surface area contributed by atoms with Gasteiger partial charge in [0.05, 0.1) is 33.7 Å². The number of hydrogen-bond acceptors (Lipinski definition) is 3. The summed E-state index contributed by atoms with van der Waals surface area (Å²) in [4.78, 5) is 4.64. The van der Waals surface area contributed by atoms with E-state index in [0.717, 1.165) is 35.2 Å². The molecule has 3 N–H and O–H groups in total. The van der Waals surface area contributed by atoms with E-state index in [0.29, 0.717) is 22.6 Å². The van der Waals surface area contributed by atoms with Crippen molar-refractivity contribution < 1.29 is 0 Å². The first-order valence-corrected chi connectivity index (χ1v) is 11.9. The van der Waals surface area contributed by atoms with Gasteiger partial charge in [0.1, 0.15) is 5.84 Å². The number of aryl methyl sites for hydroxylation is 1. The Hall–Kier alpha value is -3.31. The van der Waals surface area contributed by atoms with Crippen molar-refractivity contribution in [1.29, 1.82) is 0 Å². The second kappa shape index (κ2) is 9.28. The Kier molecular flexibility index (Phi) is 6.05. The van der Waals surface area contributed by atoms with Crippen LogP contribution in [-0.4, -0.2) is 21.5 Å². The Bertz CT molecular complexity index is 1320. The molecule has 0 unspecified atom stereocenters. The summed E-state index contributed by atoms with van der Waals surface area (Å²) in [6.45, 7) is 2.13. The molecule has 168 valence electrons. The molecule has 6 heteroatoms. The number of benzene rings is 2. The zero-order chi connectivity index (χ0) is 22.8. The number of rotatable bonds is 5. The number of amidine groups is 1. The lowest BCUT2D eigenvalue weighted by Crippen LogP contribution is -2.25. The zero-order valence-corrected chi connectivity index (χ0v) is 19.5. The summed E-state index contributed by atoms with van der Waals surface area (Å²) < 4.78 is 1.93. The van der Waals surface area contributed by atoms with Gasteiger partial charge in [0.2, 0.25) is 0 Å². The number of anilines is 1. The SMILES string of the molecule is Cc1ccccc1-c1cc2c(NC3CCCCC3)c(C(N)=Nc3ccccc3Cl)cnn2c1. The fourth-order valence-corrected chi connectivity index (χ4v) is 4.81. The molecule has 2 aromatic carbocycles. The van der Waals surface area contributed by atoms with Crippen LogP contribution in [0.25, 0.3) is 16.6 Å². The van der Waals surface area contributed by atoms with Crippen LogP contribution in [0.15, 0.2) is 72.0 Å². The molecule has 0 amide bonds. The highest BCUT2D eigenvalue weighted by Gasteiger charge is 2.20. The van der Waals surface area contributed by atoms with Gasteiger partial charge in [-0.2, -0.15) is 5.10 Å². The van der Waals surface area contributed by atoms with Gasteiger partial charge in [-0.1, -0.05) is 67.3 Å². The van der Waals surface area contributed by atoms with E-state index in [2.05, 4.69) is 58.9 Å². The predicted octanol–water partition coefficient (Wildman–Crippen LogP) is 6.74. The maximum atomic E-state index is 6.54. The fourth-order valence-electron chi connectivity index (χ4n) is 4.63. The third-order valence-electron chi connectivity index (χ3n) is 6.42. The van der Waals surface area contributed by atoms with Gasteiger partial charge < -0.3 is 11.1 Å². The van der Waals surface area contributed by atoms with Crippen molar-refractivity contribution in [3.05, 3.63) is 83.1 Å². The number of para-hydroxylation sites is 1. The van der Waals surface area contributed by atoms with Crippen LogP contribution in [-0.2, 0) is 0 Å². The quantitative estimate of drug-likeness (QED) is 0.257. The third kappa shape index (κ3) is 4.46. The average molecular weight is 458 g/mol. The van der Waals surface area contributed by atoms with E-state index < -0.39 is 0 Å². The molecule has 0 bridgehead atoms. The number of hydrogen-bond donors (Lipinski definition) is 2. The number of nitrogens with one attached hydrogen (secondary N) is 1. The minimum Gasteiger partial charge on any atom is -0.383 e.